The molecule has 1 fully saturated rings. The van der Waals surface area contributed by atoms with Crippen molar-refractivity contribution in [2.75, 3.05) is 18.4 Å². The van der Waals surface area contributed by atoms with E-state index in [4.69, 9.17) is 0 Å². The van der Waals surface area contributed by atoms with E-state index in [1.807, 2.05) is 24.3 Å². The Morgan fingerprint density at radius 2 is 2.07 bits per heavy atom. The minimum Gasteiger partial charge on any atom is -0.325 e. The quantitative estimate of drug-likeness (QED) is 0.695. The number of aromatic amines is 1. The van der Waals surface area contributed by atoms with Crippen LogP contribution in [0.15, 0.2) is 24.3 Å². The third kappa shape index (κ3) is 5.53. The molecule has 7 heteroatoms. The summed E-state index contributed by atoms with van der Waals surface area (Å²) < 4.78 is 0. The summed E-state index contributed by atoms with van der Waals surface area (Å²) in [6, 6.07) is 7.71. The van der Waals surface area contributed by atoms with Crippen LogP contribution in [0.25, 0.3) is 11.4 Å². The van der Waals surface area contributed by atoms with Crippen molar-refractivity contribution in [3.63, 3.8) is 0 Å². The fourth-order valence-electron chi connectivity index (χ4n) is 3.46. The molecule has 0 spiro atoms. The number of amides is 1. The number of anilines is 1. The topological polar surface area (TPSA) is 82.7 Å². The fourth-order valence-corrected chi connectivity index (χ4v) is 3.46. The number of hydrogen-bond acceptors (Lipinski definition) is 4. The predicted octanol–water partition coefficient (Wildman–Crippen LogP) is 3.98. The zero-order chi connectivity index (χ0) is 18.5. The highest BCUT2D eigenvalue weighted by atomic mass is 35.5. The lowest BCUT2D eigenvalue weighted by atomic mass is 9.85. The van der Waals surface area contributed by atoms with Crippen LogP contribution in [0.5, 0.6) is 0 Å². The minimum atomic E-state index is 0. The van der Waals surface area contributed by atoms with Gasteiger partial charge in [-0.15, -0.1) is 12.4 Å². The number of nitrogens with zero attached hydrogens (tertiary/aromatic N) is 2. The highest BCUT2D eigenvalue weighted by molar-refractivity contribution is 5.94. The second-order valence-corrected chi connectivity index (χ2v) is 7.58. The van der Waals surface area contributed by atoms with Crippen molar-refractivity contribution < 1.29 is 4.79 Å². The SMILES string of the molecule is CC(C)c1nc(-c2ccccc2NC(=O)CC(C)C2CCCNC2)n[nH]1.Cl. The number of hydrogen-bond donors (Lipinski definition) is 3. The molecule has 0 bridgehead atoms. The fraction of sp³-hybridized carbons (Fsp3) is 0.550. The molecule has 2 atom stereocenters. The van der Waals surface area contributed by atoms with E-state index in [1.165, 1.54) is 12.8 Å². The maximum Gasteiger partial charge on any atom is 0.224 e. The first-order valence-corrected chi connectivity index (χ1v) is 9.57. The van der Waals surface area contributed by atoms with E-state index >= 15 is 0 Å². The van der Waals surface area contributed by atoms with Gasteiger partial charge in [0.25, 0.3) is 0 Å². The number of carbonyl (C=O) groups is 1. The van der Waals surface area contributed by atoms with Gasteiger partial charge in [-0.1, -0.05) is 32.9 Å². The van der Waals surface area contributed by atoms with Crippen LogP contribution in [0.1, 0.15) is 51.8 Å². The Kier molecular flexibility index (Phi) is 7.80. The summed E-state index contributed by atoms with van der Waals surface area (Å²) in [5.74, 6) is 2.74. The smallest absolute Gasteiger partial charge is 0.224 e. The van der Waals surface area contributed by atoms with Crippen LogP contribution >= 0.6 is 12.4 Å². The second-order valence-electron chi connectivity index (χ2n) is 7.58. The van der Waals surface area contributed by atoms with Crippen LogP contribution in [0.3, 0.4) is 0 Å². The molecule has 0 radical (unpaired) electrons. The van der Waals surface area contributed by atoms with Crippen molar-refractivity contribution in [2.24, 2.45) is 11.8 Å². The van der Waals surface area contributed by atoms with Gasteiger partial charge in [0.1, 0.15) is 5.82 Å². The molecule has 1 aliphatic heterocycles. The molecule has 1 aliphatic rings. The van der Waals surface area contributed by atoms with E-state index in [1.54, 1.807) is 0 Å². The normalized spacial score (nSPS) is 18.0. The van der Waals surface area contributed by atoms with Crippen LogP contribution in [-0.4, -0.2) is 34.2 Å². The largest absolute Gasteiger partial charge is 0.325 e. The van der Waals surface area contributed by atoms with Crippen molar-refractivity contribution in [1.29, 1.82) is 0 Å². The second kappa shape index (κ2) is 9.85. The lowest BCUT2D eigenvalue weighted by Gasteiger charge is -2.28. The van der Waals surface area contributed by atoms with E-state index < -0.39 is 0 Å². The molecule has 1 amide bonds. The molecule has 2 aromatic rings. The van der Waals surface area contributed by atoms with Gasteiger partial charge in [0.15, 0.2) is 5.82 Å². The van der Waals surface area contributed by atoms with Gasteiger partial charge in [0.05, 0.1) is 5.69 Å². The Balaban J connectivity index is 0.00000261. The Morgan fingerprint density at radius 1 is 1.30 bits per heavy atom. The lowest BCUT2D eigenvalue weighted by molar-refractivity contribution is -0.117. The monoisotopic (exact) mass is 391 g/mol. The molecule has 0 aliphatic carbocycles. The van der Waals surface area contributed by atoms with Gasteiger partial charge >= 0.3 is 0 Å². The van der Waals surface area contributed by atoms with E-state index in [9.17, 15) is 4.79 Å². The van der Waals surface area contributed by atoms with Gasteiger partial charge in [-0.25, -0.2) is 4.98 Å². The molecule has 1 aromatic heterocycles. The highest BCUT2D eigenvalue weighted by Crippen LogP contribution is 2.27. The van der Waals surface area contributed by atoms with Crippen LogP contribution in [0.2, 0.25) is 0 Å². The molecule has 6 nitrogen and oxygen atoms in total. The summed E-state index contributed by atoms with van der Waals surface area (Å²) in [6.45, 7) is 8.42. The minimum absolute atomic E-state index is 0. The molecule has 3 rings (SSSR count). The summed E-state index contributed by atoms with van der Waals surface area (Å²) in [5.41, 5.74) is 1.61. The molecule has 148 valence electrons. The first-order valence-electron chi connectivity index (χ1n) is 9.57. The zero-order valence-electron chi connectivity index (χ0n) is 16.3. The first kappa shape index (κ1) is 21.4. The van der Waals surface area contributed by atoms with Gasteiger partial charge in [-0.2, -0.15) is 5.10 Å². The maximum atomic E-state index is 12.6. The molecular formula is C20H30ClN5O. The maximum absolute atomic E-state index is 12.6. The molecule has 27 heavy (non-hydrogen) atoms. The number of carbonyl (C=O) groups excluding carboxylic acids is 1. The van der Waals surface area contributed by atoms with E-state index in [2.05, 4.69) is 46.6 Å². The molecule has 1 saturated heterocycles. The molecule has 2 unspecified atom stereocenters. The van der Waals surface area contributed by atoms with Crippen molar-refractivity contribution in [3.05, 3.63) is 30.1 Å². The van der Waals surface area contributed by atoms with Gasteiger partial charge in [0.2, 0.25) is 5.91 Å². The number of halogens is 1. The van der Waals surface area contributed by atoms with Crippen LogP contribution < -0.4 is 10.6 Å². The zero-order valence-corrected chi connectivity index (χ0v) is 17.1. The van der Waals surface area contributed by atoms with Crippen molar-refractivity contribution in [3.8, 4) is 11.4 Å². The number of H-pyrrole nitrogens is 1. The summed E-state index contributed by atoms with van der Waals surface area (Å²) >= 11 is 0. The predicted molar refractivity (Wildman–Crippen MR) is 111 cm³/mol. The summed E-state index contributed by atoms with van der Waals surface area (Å²) in [4.78, 5) is 17.1. The van der Waals surface area contributed by atoms with Gasteiger partial charge in [-0.3, -0.25) is 9.89 Å². The molecular weight excluding hydrogens is 362 g/mol. The number of rotatable bonds is 6. The van der Waals surface area contributed by atoms with Crippen LogP contribution in [0.4, 0.5) is 5.69 Å². The molecule has 0 saturated carbocycles. The van der Waals surface area contributed by atoms with Gasteiger partial charge < -0.3 is 10.6 Å². The Hall–Kier alpha value is -1.92. The van der Waals surface area contributed by atoms with E-state index in [0.717, 1.165) is 30.2 Å². The average Bonchev–Trinajstić information content (AvgIpc) is 3.13. The third-order valence-electron chi connectivity index (χ3n) is 5.14. The lowest BCUT2D eigenvalue weighted by Crippen LogP contribution is -2.34. The van der Waals surface area contributed by atoms with Gasteiger partial charge in [0, 0.05) is 17.9 Å². The van der Waals surface area contributed by atoms with E-state index in [-0.39, 0.29) is 24.2 Å². The summed E-state index contributed by atoms with van der Waals surface area (Å²) in [5, 5.41) is 13.8. The van der Waals surface area contributed by atoms with Gasteiger partial charge in [-0.05, 0) is 49.9 Å². The Morgan fingerprint density at radius 3 is 2.74 bits per heavy atom. The van der Waals surface area contributed by atoms with E-state index in [0.29, 0.717) is 24.1 Å². The van der Waals surface area contributed by atoms with Crippen LogP contribution in [-0.2, 0) is 4.79 Å². The first-order chi connectivity index (χ1) is 12.5. The molecule has 1 aromatic carbocycles. The summed E-state index contributed by atoms with van der Waals surface area (Å²) in [7, 11) is 0. The standard InChI is InChI=1S/C20H29N5O.ClH/c1-13(2)19-23-20(25-24-19)16-8-4-5-9-17(16)22-18(26)11-14(3)15-7-6-10-21-12-15;/h4-5,8-9,13-15,21H,6-7,10-12H2,1-3H3,(H,22,26)(H,23,24,25);1H. The number of piperidine rings is 1. The van der Waals surface area contributed by atoms with Crippen LogP contribution in [0, 0.1) is 11.8 Å². The highest BCUT2D eigenvalue weighted by Gasteiger charge is 2.22. The Bertz CT molecular complexity index is 739. The van der Waals surface area contributed by atoms with Crippen molar-refractivity contribution >= 4 is 24.0 Å². The van der Waals surface area contributed by atoms with Crippen molar-refractivity contribution in [1.82, 2.24) is 20.5 Å². The average molecular weight is 392 g/mol. The number of para-hydroxylation sites is 1. The number of benzene rings is 1. The summed E-state index contributed by atoms with van der Waals surface area (Å²) in [6.07, 6.45) is 2.93. The third-order valence-corrected chi connectivity index (χ3v) is 5.14. The molecule has 3 N–H and O–H groups in total. The number of aromatic nitrogens is 3. The number of nitrogens with one attached hydrogen (secondary N) is 3. The Labute approximate surface area is 167 Å². The molecule has 2 heterocycles. The van der Waals surface area contributed by atoms with Crippen molar-refractivity contribution in [2.45, 2.75) is 46.0 Å².